The summed E-state index contributed by atoms with van der Waals surface area (Å²) < 4.78 is 5.65. The van der Waals surface area contributed by atoms with Gasteiger partial charge in [-0.3, -0.25) is 4.79 Å². The molecule has 2 aromatic rings. The molecule has 0 aromatic heterocycles. The van der Waals surface area contributed by atoms with Crippen molar-refractivity contribution in [3.8, 4) is 5.75 Å². The summed E-state index contributed by atoms with van der Waals surface area (Å²) in [4.78, 5) is 12.8. The molecule has 0 radical (unpaired) electrons. The van der Waals surface area contributed by atoms with E-state index in [1.54, 1.807) is 0 Å². The van der Waals surface area contributed by atoms with E-state index in [-0.39, 0.29) is 11.9 Å². The molecular weight excluding hydrogens is 272 g/mol. The van der Waals surface area contributed by atoms with Gasteiger partial charge in [-0.15, -0.1) is 0 Å². The van der Waals surface area contributed by atoms with Gasteiger partial charge >= 0.3 is 5.97 Å². The largest absolute Gasteiger partial charge is 0.426 e. The lowest BCUT2D eigenvalue weighted by Crippen LogP contribution is -2.27. The van der Waals surface area contributed by atoms with Crippen LogP contribution >= 0.6 is 0 Å². The van der Waals surface area contributed by atoms with Crippen LogP contribution in [0.4, 0.5) is 0 Å². The molecule has 1 aliphatic rings. The minimum atomic E-state index is -0.151. The third-order valence-electron chi connectivity index (χ3n) is 4.50. The average molecular weight is 294 g/mol. The van der Waals surface area contributed by atoms with Gasteiger partial charge in [-0.05, 0) is 36.5 Å². The fourth-order valence-corrected chi connectivity index (χ4v) is 3.40. The maximum atomic E-state index is 12.8. The van der Waals surface area contributed by atoms with E-state index in [0.29, 0.717) is 11.7 Å². The van der Waals surface area contributed by atoms with Gasteiger partial charge in [0.15, 0.2) is 0 Å². The second-order valence-electron chi connectivity index (χ2n) is 6.02. The highest BCUT2D eigenvalue weighted by Gasteiger charge is 2.32. The molecule has 0 bridgehead atoms. The van der Waals surface area contributed by atoms with Crippen LogP contribution in [0, 0.1) is 5.92 Å². The van der Waals surface area contributed by atoms with Crippen LogP contribution in [0.25, 0.3) is 0 Å². The number of carbonyl (C=O) groups excluding carboxylic acids is 1. The van der Waals surface area contributed by atoms with Crippen molar-refractivity contribution in [2.45, 2.75) is 38.0 Å². The summed E-state index contributed by atoms with van der Waals surface area (Å²) in [5.74, 6) is 0.752. The summed E-state index contributed by atoms with van der Waals surface area (Å²) in [6.07, 6.45) is 5.94. The lowest BCUT2D eigenvalue weighted by Gasteiger charge is -2.29. The number of carbonyl (C=O) groups is 1. The number of esters is 1. The van der Waals surface area contributed by atoms with Crippen molar-refractivity contribution in [2.24, 2.45) is 5.92 Å². The predicted octanol–water partition coefficient (Wildman–Crippen LogP) is 4.96. The molecule has 0 amide bonds. The molecule has 114 valence electrons. The maximum absolute atomic E-state index is 12.8. The van der Waals surface area contributed by atoms with Gasteiger partial charge in [0.05, 0.1) is 5.92 Å². The van der Waals surface area contributed by atoms with Gasteiger partial charge < -0.3 is 4.74 Å². The molecule has 0 heterocycles. The third kappa shape index (κ3) is 3.56. The van der Waals surface area contributed by atoms with Gasteiger partial charge in [-0.2, -0.15) is 0 Å². The van der Waals surface area contributed by atoms with Gasteiger partial charge in [-0.25, -0.2) is 0 Å². The number of hydrogen-bond acceptors (Lipinski definition) is 2. The molecule has 0 saturated heterocycles. The van der Waals surface area contributed by atoms with E-state index in [0.717, 1.165) is 18.4 Å². The molecule has 1 atom stereocenters. The van der Waals surface area contributed by atoms with Crippen LogP contribution in [0.1, 0.15) is 43.6 Å². The molecular formula is C20H22O2. The van der Waals surface area contributed by atoms with Crippen molar-refractivity contribution in [1.82, 2.24) is 0 Å². The molecule has 1 unspecified atom stereocenters. The second-order valence-corrected chi connectivity index (χ2v) is 6.02. The molecule has 2 aromatic carbocycles. The van der Waals surface area contributed by atoms with Crippen LogP contribution in [0.3, 0.4) is 0 Å². The van der Waals surface area contributed by atoms with Crippen LogP contribution in [0.2, 0.25) is 0 Å². The van der Waals surface area contributed by atoms with E-state index in [1.165, 1.54) is 19.3 Å². The summed E-state index contributed by atoms with van der Waals surface area (Å²) in [6.45, 7) is 0. The molecule has 2 nitrogen and oxygen atoms in total. The predicted molar refractivity (Wildman–Crippen MR) is 87.8 cm³/mol. The Morgan fingerprint density at radius 2 is 1.45 bits per heavy atom. The Kier molecular flexibility index (Phi) is 4.89. The fraction of sp³-hybridized carbons (Fsp3) is 0.350. The summed E-state index contributed by atoms with van der Waals surface area (Å²) in [5.41, 5.74) is 1.08. The minimum Gasteiger partial charge on any atom is -0.426 e. The van der Waals surface area contributed by atoms with E-state index in [2.05, 4.69) is 0 Å². The van der Waals surface area contributed by atoms with Crippen molar-refractivity contribution < 1.29 is 9.53 Å². The van der Waals surface area contributed by atoms with Crippen molar-refractivity contribution >= 4 is 5.97 Å². The highest BCUT2D eigenvalue weighted by atomic mass is 16.5. The first-order chi connectivity index (χ1) is 10.8. The Morgan fingerprint density at radius 1 is 0.864 bits per heavy atom. The number of rotatable bonds is 4. The molecule has 22 heavy (non-hydrogen) atoms. The van der Waals surface area contributed by atoms with E-state index >= 15 is 0 Å². The average Bonchev–Trinajstić information content (AvgIpc) is 2.58. The number of ether oxygens (including phenoxy) is 1. The molecule has 0 N–H and O–H groups in total. The Morgan fingerprint density at radius 3 is 2.09 bits per heavy atom. The molecule has 0 spiro atoms. The van der Waals surface area contributed by atoms with Crippen molar-refractivity contribution in [3.05, 3.63) is 66.2 Å². The van der Waals surface area contributed by atoms with Gasteiger partial charge in [0.2, 0.25) is 0 Å². The van der Waals surface area contributed by atoms with E-state index in [1.807, 2.05) is 60.7 Å². The van der Waals surface area contributed by atoms with Gasteiger partial charge in [0.1, 0.15) is 5.75 Å². The van der Waals surface area contributed by atoms with E-state index in [9.17, 15) is 4.79 Å². The molecule has 3 rings (SSSR count). The Balaban J connectivity index is 1.82. The molecule has 2 heteroatoms. The van der Waals surface area contributed by atoms with Gasteiger partial charge in [0.25, 0.3) is 0 Å². The van der Waals surface area contributed by atoms with Crippen LogP contribution in [-0.2, 0) is 4.79 Å². The molecule has 1 fully saturated rings. The summed E-state index contributed by atoms with van der Waals surface area (Å²) >= 11 is 0. The zero-order chi connectivity index (χ0) is 15.2. The maximum Gasteiger partial charge on any atom is 0.319 e. The van der Waals surface area contributed by atoms with Gasteiger partial charge in [-0.1, -0.05) is 67.8 Å². The first-order valence-corrected chi connectivity index (χ1v) is 8.16. The number of para-hydroxylation sites is 1. The fourth-order valence-electron chi connectivity index (χ4n) is 3.40. The topological polar surface area (TPSA) is 26.3 Å². The number of benzene rings is 2. The second kappa shape index (κ2) is 7.26. The van der Waals surface area contributed by atoms with Crippen LogP contribution < -0.4 is 4.74 Å². The first kappa shape index (κ1) is 14.8. The van der Waals surface area contributed by atoms with Crippen molar-refractivity contribution in [2.75, 3.05) is 0 Å². The highest BCUT2D eigenvalue weighted by Crippen LogP contribution is 2.37. The highest BCUT2D eigenvalue weighted by molar-refractivity contribution is 5.80. The summed E-state index contributed by atoms with van der Waals surface area (Å²) in [6, 6.07) is 19.5. The molecule has 0 aliphatic heterocycles. The third-order valence-corrected chi connectivity index (χ3v) is 4.50. The van der Waals surface area contributed by atoms with E-state index in [4.69, 9.17) is 4.74 Å². The lowest BCUT2D eigenvalue weighted by atomic mass is 9.77. The van der Waals surface area contributed by atoms with Crippen LogP contribution in [0.15, 0.2) is 60.7 Å². The lowest BCUT2D eigenvalue weighted by molar-refractivity contribution is -0.137. The SMILES string of the molecule is O=C(Oc1ccccc1)C(c1ccccc1)C1CCCCC1. The quantitative estimate of drug-likeness (QED) is 0.588. The Hall–Kier alpha value is -2.09. The first-order valence-electron chi connectivity index (χ1n) is 8.16. The Bertz CT molecular complexity index is 586. The van der Waals surface area contributed by atoms with Crippen LogP contribution in [-0.4, -0.2) is 5.97 Å². The number of hydrogen-bond donors (Lipinski definition) is 0. The van der Waals surface area contributed by atoms with Crippen LogP contribution in [0.5, 0.6) is 5.75 Å². The Labute approximate surface area is 132 Å². The molecule has 1 saturated carbocycles. The normalized spacial score (nSPS) is 16.9. The molecule has 1 aliphatic carbocycles. The smallest absolute Gasteiger partial charge is 0.319 e. The summed E-state index contributed by atoms with van der Waals surface area (Å²) in [7, 11) is 0. The summed E-state index contributed by atoms with van der Waals surface area (Å²) in [5, 5.41) is 0. The van der Waals surface area contributed by atoms with Crippen molar-refractivity contribution in [3.63, 3.8) is 0 Å². The minimum absolute atomic E-state index is 0.121. The van der Waals surface area contributed by atoms with E-state index < -0.39 is 0 Å². The monoisotopic (exact) mass is 294 g/mol. The van der Waals surface area contributed by atoms with Crippen molar-refractivity contribution in [1.29, 1.82) is 0 Å². The standard InChI is InChI=1S/C20H22O2/c21-20(22-18-14-8-3-9-15-18)19(16-10-4-1-5-11-16)17-12-6-2-7-13-17/h1,3-5,8-11,14-15,17,19H,2,6-7,12-13H2. The zero-order valence-electron chi connectivity index (χ0n) is 12.8. The zero-order valence-corrected chi connectivity index (χ0v) is 12.8. The van der Waals surface area contributed by atoms with Gasteiger partial charge in [0, 0.05) is 0 Å².